The summed E-state index contributed by atoms with van der Waals surface area (Å²) in [7, 11) is 0. The van der Waals surface area contributed by atoms with Gasteiger partial charge < -0.3 is 20.8 Å². The van der Waals surface area contributed by atoms with Crippen LogP contribution in [0.5, 0.6) is 0 Å². The van der Waals surface area contributed by atoms with Crippen molar-refractivity contribution in [3.05, 3.63) is 24.3 Å². The topological polar surface area (TPSA) is 133 Å². The van der Waals surface area contributed by atoms with Crippen LogP contribution in [0.15, 0.2) is 24.3 Å². The van der Waals surface area contributed by atoms with Crippen molar-refractivity contribution in [1.82, 2.24) is 10.6 Å². The molecule has 4 N–H and O–H groups in total. The number of hydrogen-bond acceptors (Lipinski definition) is 4. The summed E-state index contributed by atoms with van der Waals surface area (Å²) in [6.45, 7) is 3.96. The van der Waals surface area contributed by atoms with Gasteiger partial charge in [-0.3, -0.25) is 9.59 Å². The Morgan fingerprint density at radius 1 is 0.810 bits per heavy atom. The second kappa shape index (κ2) is 8.51. The molecule has 8 heteroatoms. The molecule has 0 aliphatic heterocycles. The molecule has 0 aliphatic rings. The molecule has 0 bridgehead atoms. The van der Waals surface area contributed by atoms with Crippen LogP contribution in [-0.2, 0) is 19.2 Å². The quantitative estimate of drug-likeness (QED) is 0.448. The Morgan fingerprint density at radius 3 is 1.43 bits per heavy atom. The molecule has 8 nitrogen and oxygen atoms in total. The Morgan fingerprint density at radius 2 is 1.14 bits per heavy atom. The van der Waals surface area contributed by atoms with Crippen LogP contribution in [0.3, 0.4) is 0 Å². The van der Waals surface area contributed by atoms with Gasteiger partial charge in [-0.05, 0) is 5.41 Å². The molecular weight excluding hydrogens is 280 g/mol. The van der Waals surface area contributed by atoms with Crippen LogP contribution >= 0.6 is 0 Å². The van der Waals surface area contributed by atoms with Crippen LogP contribution in [0.4, 0.5) is 0 Å². The monoisotopic (exact) mass is 298 g/mol. The summed E-state index contributed by atoms with van der Waals surface area (Å²) in [6, 6.07) is 0. The van der Waals surface area contributed by atoms with Crippen molar-refractivity contribution in [3.8, 4) is 0 Å². The molecule has 0 aromatic rings. The van der Waals surface area contributed by atoms with Crippen molar-refractivity contribution in [2.24, 2.45) is 5.41 Å². The molecule has 0 radical (unpaired) electrons. The molecule has 0 aromatic carbocycles. The molecule has 0 aromatic heterocycles. The molecule has 0 unspecified atom stereocenters. The van der Waals surface area contributed by atoms with Gasteiger partial charge in [0.15, 0.2) is 0 Å². The van der Waals surface area contributed by atoms with Crippen LogP contribution in [-0.4, -0.2) is 47.1 Å². The van der Waals surface area contributed by atoms with Crippen LogP contribution < -0.4 is 10.6 Å². The average Bonchev–Trinajstić information content (AvgIpc) is 2.38. The van der Waals surface area contributed by atoms with Crippen LogP contribution in [0.1, 0.15) is 13.8 Å². The Labute approximate surface area is 121 Å². The third kappa shape index (κ3) is 10.9. The maximum Gasteiger partial charge on any atom is 0.328 e. The minimum absolute atomic E-state index is 0.207. The summed E-state index contributed by atoms with van der Waals surface area (Å²) in [4.78, 5) is 43.0. The summed E-state index contributed by atoms with van der Waals surface area (Å²) < 4.78 is 0. The van der Waals surface area contributed by atoms with Crippen molar-refractivity contribution in [3.63, 3.8) is 0 Å². The number of carboxylic acid groups (broad SMARTS) is 2. The van der Waals surface area contributed by atoms with Crippen molar-refractivity contribution in [2.75, 3.05) is 13.1 Å². The zero-order chi connectivity index (χ0) is 16.5. The van der Waals surface area contributed by atoms with E-state index in [0.29, 0.717) is 0 Å². The fraction of sp³-hybridized carbons (Fsp3) is 0.385. The Balaban J connectivity index is 4.20. The molecule has 2 amide bonds. The van der Waals surface area contributed by atoms with Gasteiger partial charge in [-0.15, -0.1) is 0 Å². The minimum atomic E-state index is -1.22. The lowest BCUT2D eigenvalue weighted by molar-refractivity contribution is -0.132. The molecule has 0 heterocycles. The summed E-state index contributed by atoms with van der Waals surface area (Å²) in [6.07, 6.45) is 3.24. The van der Waals surface area contributed by atoms with E-state index in [-0.39, 0.29) is 13.1 Å². The third-order valence-electron chi connectivity index (χ3n) is 2.24. The number of aliphatic carboxylic acids is 2. The first kappa shape index (κ1) is 18.4. The van der Waals surface area contributed by atoms with E-state index in [1.54, 1.807) is 13.8 Å². The highest BCUT2D eigenvalue weighted by Gasteiger charge is 2.19. The number of nitrogens with one attached hydrogen (secondary N) is 2. The van der Waals surface area contributed by atoms with Gasteiger partial charge in [-0.2, -0.15) is 0 Å². The second-order valence-electron chi connectivity index (χ2n) is 4.94. The molecular formula is C13H18N2O6. The number of carbonyl (C=O) groups excluding carboxylic acids is 2. The second-order valence-corrected chi connectivity index (χ2v) is 4.94. The number of carbonyl (C=O) groups is 4. The average molecular weight is 298 g/mol. The molecule has 0 saturated heterocycles. The SMILES string of the molecule is CC(C)(CNC(=O)C=CC(=O)O)CNC(=O)C=CC(=O)O. The zero-order valence-electron chi connectivity index (χ0n) is 11.8. The van der Waals surface area contributed by atoms with Crippen molar-refractivity contribution >= 4 is 23.8 Å². The first-order chi connectivity index (χ1) is 9.62. The number of rotatable bonds is 8. The largest absolute Gasteiger partial charge is 0.478 e. The van der Waals surface area contributed by atoms with Gasteiger partial charge in [-0.1, -0.05) is 13.8 Å². The number of amides is 2. The van der Waals surface area contributed by atoms with E-state index in [1.807, 2.05) is 0 Å². The first-order valence-corrected chi connectivity index (χ1v) is 6.00. The summed E-state index contributed by atoms with van der Waals surface area (Å²) in [5, 5.41) is 21.7. The fourth-order valence-electron chi connectivity index (χ4n) is 1.13. The third-order valence-corrected chi connectivity index (χ3v) is 2.24. The van der Waals surface area contributed by atoms with Gasteiger partial charge in [0.05, 0.1) is 0 Å². The minimum Gasteiger partial charge on any atom is -0.478 e. The predicted molar refractivity (Wildman–Crippen MR) is 73.4 cm³/mol. The first-order valence-electron chi connectivity index (χ1n) is 6.00. The van der Waals surface area contributed by atoms with Crippen LogP contribution in [0.25, 0.3) is 0 Å². The maximum absolute atomic E-state index is 11.3. The highest BCUT2D eigenvalue weighted by Crippen LogP contribution is 2.11. The van der Waals surface area contributed by atoms with Crippen LogP contribution in [0, 0.1) is 5.41 Å². The summed E-state index contributed by atoms with van der Waals surface area (Å²) >= 11 is 0. The lowest BCUT2D eigenvalue weighted by Crippen LogP contribution is -2.41. The van der Waals surface area contributed by atoms with Crippen molar-refractivity contribution in [2.45, 2.75) is 13.8 Å². The molecule has 0 atom stereocenters. The molecule has 0 saturated carbocycles. The van der Waals surface area contributed by atoms with E-state index in [9.17, 15) is 19.2 Å². The van der Waals surface area contributed by atoms with E-state index in [1.165, 1.54) is 0 Å². The highest BCUT2D eigenvalue weighted by molar-refractivity contribution is 5.94. The molecule has 0 rings (SSSR count). The van der Waals surface area contributed by atoms with E-state index in [0.717, 1.165) is 24.3 Å². The van der Waals surface area contributed by atoms with Gasteiger partial charge in [0.2, 0.25) is 11.8 Å². The van der Waals surface area contributed by atoms with Gasteiger partial charge in [-0.25, -0.2) is 9.59 Å². The fourth-order valence-corrected chi connectivity index (χ4v) is 1.13. The van der Waals surface area contributed by atoms with Crippen LogP contribution in [0.2, 0.25) is 0 Å². The zero-order valence-corrected chi connectivity index (χ0v) is 11.8. The smallest absolute Gasteiger partial charge is 0.328 e. The molecule has 21 heavy (non-hydrogen) atoms. The Bertz CT molecular complexity index is 437. The van der Waals surface area contributed by atoms with Gasteiger partial charge >= 0.3 is 11.9 Å². The number of hydrogen-bond donors (Lipinski definition) is 4. The van der Waals surface area contributed by atoms with E-state index < -0.39 is 29.2 Å². The van der Waals surface area contributed by atoms with Crippen molar-refractivity contribution < 1.29 is 29.4 Å². The summed E-state index contributed by atoms with van der Waals surface area (Å²) in [5.41, 5.74) is -0.487. The lowest BCUT2D eigenvalue weighted by atomic mass is 9.93. The lowest BCUT2D eigenvalue weighted by Gasteiger charge is -2.24. The summed E-state index contributed by atoms with van der Waals surface area (Å²) in [5.74, 6) is -3.55. The van der Waals surface area contributed by atoms with E-state index in [4.69, 9.17) is 10.2 Å². The maximum atomic E-state index is 11.3. The van der Waals surface area contributed by atoms with Gasteiger partial charge in [0.1, 0.15) is 0 Å². The van der Waals surface area contributed by atoms with E-state index in [2.05, 4.69) is 10.6 Å². The molecule has 116 valence electrons. The number of carboxylic acids is 2. The van der Waals surface area contributed by atoms with Gasteiger partial charge in [0, 0.05) is 37.4 Å². The van der Waals surface area contributed by atoms with E-state index >= 15 is 0 Å². The molecule has 0 fully saturated rings. The highest BCUT2D eigenvalue weighted by atomic mass is 16.4. The normalized spacial score (nSPS) is 11.5. The predicted octanol–water partition coefficient (Wildman–Crippen LogP) is -0.473. The van der Waals surface area contributed by atoms with Crippen molar-refractivity contribution in [1.29, 1.82) is 0 Å². The standard InChI is InChI=1S/C13H18N2O6/c1-13(2,7-14-9(16)3-5-11(18)19)8-15-10(17)4-6-12(20)21/h3-6H,7-8H2,1-2H3,(H,14,16)(H,15,17)(H,18,19)(H,20,21). The van der Waals surface area contributed by atoms with Gasteiger partial charge in [0.25, 0.3) is 0 Å². The Hall–Kier alpha value is -2.64. The molecule has 0 aliphatic carbocycles. The molecule has 0 spiro atoms. The Kier molecular flexibility index (Phi) is 7.44.